The summed E-state index contributed by atoms with van der Waals surface area (Å²) >= 11 is 1.41. The molecule has 2 nitrogen and oxygen atoms in total. The highest BCUT2D eigenvalue weighted by Gasteiger charge is 2.26. The maximum Gasteiger partial charge on any atom is 0.173 e. The minimum absolute atomic E-state index is 0.218. The van der Waals surface area contributed by atoms with Gasteiger partial charge in [-0.1, -0.05) is 6.07 Å². The molecule has 0 radical (unpaired) electrons. The lowest BCUT2D eigenvalue weighted by Gasteiger charge is -2.20. The van der Waals surface area contributed by atoms with Crippen molar-refractivity contribution in [3.63, 3.8) is 0 Å². The van der Waals surface area contributed by atoms with E-state index in [4.69, 9.17) is 4.52 Å². The van der Waals surface area contributed by atoms with Gasteiger partial charge in [0, 0.05) is 11.3 Å². The third kappa shape index (κ3) is 2.77. The Morgan fingerprint density at radius 1 is 1.50 bits per heavy atom. The fourth-order valence-electron chi connectivity index (χ4n) is 1.68. The van der Waals surface area contributed by atoms with Crippen molar-refractivity contribution in [3.8, 4) is 0 Å². The quantitative estimate of drug-likeness (QED) is 0.597. The number of rotatable bonds is 5. The van der Waals surface area contributed by atoms with Crippen LogP contribution in [0.2, 0.25) is 0 Å². The highest BCUT2D eigenvalue weighted by molar-refractivity contribution is 7.33. The Labute approximate surface area is 111 Å². The van der Waals surface area contributed by atoms with Gasteiger partial charge in [0.25, 0.3) is 0 Å². The van der Waals surface area contributed by atoms with E-state index < -0.39 is 5.41 Å². The van der Waals surface area contributed by atoms with E-state index in [9.17, 15) is 9.18 Å². The van der Waals surface area contributed by atoms with Gasteiger partial charge in [0.2, 0.25) is 0 Å². The van der Waals surface area contributed by atoms with Gasteiger partial charge in [-0.15, -0.1) is 11.3 Å². The van der Waals surface area contributed by atoms with E-state index in [1.54, 1.807) is 18.2 Å². The van der Waals surface area contributed by atoms with Crippen LogP contribution in [0.1, 0.15) is 29.1 Å². The molecule has 2 unspecified atom stereocenters. The van der Waals surface area contributed by atoms with Crippen LogP contribution >= 0.6 is 20.1 Å². The van der Waals surface area contributed by atoms with E-state index >= 15 is 0 Å². The Kier molecular flexibility index (Phi) is 4.10. The number of hydrogen-bond acceptors (Lipinski definition) is 3. The summed E-state index contributed by atoms with van der Waals surface area (Å²) in [6, 6.07) is 7.21. The third-order valence-corrected chi connectivity index (χ3v) is 4.75. The molecule has 18 heavy (non-hydrogen) atoms. The van der Waals surface area contributed by atoms with Gasteiger partial charge in [0.05, 0.1) is 13.7 Å². The SMILES string of the molecule is CCOPC(C)(F)c1ccc2sc(C=O)cc2c1. The first-order chi connectivity index (χ1) is 8.56. The van der Waals surface area contributed by atoms with E-state index in [2.05, 4.69) is 0 Å². The molecular formula is C13H14FO2PS. The molecule has 0 aliphatic rings. The number of thiophene rings is 1. The molecule has 1 aromatic heterocycles. The van der Waals surface area contributed by atoms with Gasteiger partial charge in [-0.3, -0.25) is 4.79 Å². The van der Waals surface area contributed by atoms with Gasteiger partial charge < -0.3 is 4.52 Å². The number of aldehydes is 1. The second kappa shape index (κ2) is 5.43. The van der Waals surface area contributed by atoms with Gasteiger partial charge in [-0.05, 0) is 43.0 Å². The number of alkyl halides is 1. The van der Waals surface area contributed by atoms with Crippen LogP contribution in [-0.2, 0) is 9.93 Å². The molecule has 96 valence electrons. The van der Waals surface area contributed by atoms with Crippen LogP contribution in [0, 0.1) is 0 Å². The highest BCUT2D eigenvalue weighted by Crippen LogP contribution is 2.44. The van der Waals surface area contributed by atoms with E-state index in [1.807, 2.05) is 13.0 Å². The Morgan fingerprint density at radius 2 is 2.28 bits per heavy atom. The topological polar surface area (TPSA) is 26.3 Å². The van der Waals surface area contributed by atoms with E-state index in [-0.39, 0.29) is 8.81 Å². The molecule has 0 aliphatic carbocycles. The number of carbonyl (C=O) groups excluding carboxylic acids is 1. The molecule has 0 spiro atoms. The van der Waals surface area contributed by atoms with Crippen LogP contribution in [0.5, 0.6) is 0 Å². The standard InChI is InChI=1S/C13H14FO2PS/c1-3-16-17-13(2,14)10-4-5-12-9(6-10)7-11(8-15)18-12/h4-8,17H,3H2,1-2H3. The molecule has 1 aromatic carbocycles. The average Bonchev–Trinajstić information content (AvgIpc) is 2.78. The van der Waals surface area contributed by atoms with Crippen LogP contribution in [0.3, 0.4) is 0 Å². The number of carbonyl (C=O) groups is 1. The zero-order valence-corrected chi connectivity index (χ0v) is 12.0. The smallest absolute Gasteiger partial charge is 0.173 e. The van der Waals surface area contributed by atoms with E-state index in [0.717, 1.165) is 16.4 Å². The first-order valence-corrected chi connectivity index (χ1v) is 7.36. The predicted octanol–water partition coefficient (Wildman–Crippen LogP) is 4.49. The molecule has 2 rings (SSSR count). The largest absolute Gasteiger partial charge is 0.359 e. The second-order valence-corrected chi connectivity index (χ2v) is 6.60. The van der Waals surface area contributed by atoms with Crippen LogP contribution in [0.15, 0.2) is 24.3 Å². The molecule has 0 saturated heterocycles. The van der Waals surface area contributed by atoms with Crippen molar-refractivity contribution in [2.75, 3.05) is 6.61 Å². The summed E-state index contributed by atoms with van der Waals surface area (Å²) in [6.07, 6.45) is 0.820. The Balaban J connectivity index is 2.36. The van der Waals surface area contributed by atoms with E-state index in [0.29, 0.717) is 17.0 Å². The van der Waals surface area contributed by atoms with Crippen molar-refractivity contribution in [2.45, 2.75) is 19.3 Å². The molecule has 0 N–H and O–H groups in total. The molecule has 2 aromatic rings. The van der Waals surface area contributed by atoms with Crippen molar-refractivity contribution in [1.82, 2.24) is 0 Å². The first kappa shape index (κ1) is 13.6. The summed E-state index contributed by atoms with van der Waals surface area (Å²) in [5, 5.41) is -0.571. The van der Waals surface area contributed by atoms with Crippen LogP contribution in [0.4, 0.5) is 4.39 Å². The Hall–Kier alpha value is -0.830. The molecule has 0 aliphatic heterocycles. The zero-order valence-electron chi connectivity index (χ0n) is 10.2. The van der Waals surface area contributed by atoms with Crippen LogP contribution in [0.25, 0.3) is 10.1 Å². The normalized spacial score (nSPS) is 15.3. The molecular weight excluding hydrogens is 270 g/mol. The first-order valence-electron chi connectivity index (χ1n) is 5.64. The fourth-order valence-corrected chi connectivity index (χ4v) is 3.23. The van der Waals surface area contributed by atoms with Crippen molar-refractivity contribution >= 4 is 36.5 Å². The predicted molar refractivity (Wildman–Crippen MR) is 75.6 cm³/mol. The molecule has 0 saturated carbocycles. The Morgan fingerprint density at radius 3 is 2.94 bits per heavy atom. The third-order valence-electron chi connectivity index (χ3n) is 2.60. The molecule has 0 fully saturated rings. The summed E-state index contributed by atoms with van der Waals surface area (Å²) in [5.41, 5.74) is 0.594. The fraction of sp³-hybridized carbons (Fsp3) is 0.308. The lowest BCUT2D eigenvalue weighted by atomic mass is 10.1. The molecule has 1 heterocycles. The van der Waals surface area contributed by atoms with Crippen LogP contribution in [-0.4, -0.2) is 12.9 Å². The summed E-state index contributed by atoms with van der Waals surface area (Å²) < 4.78 is 20.6. The number of fused-ring (bicyclic) bond motifs is 1. The van der Waals surface area contributed by atoms with Gasteiger partial charge in [0.1, 0.15) is 0 Å². The Bertz CT molecular complexity index is 565. The maximum absolute atomic E-state index is 14.4. The average molecular weight is 284 g/mol. The molecule has 5 heteroatoms. The summed E-state index contributed by atoms with van der Waals surface area (Å²) in [6.45, 7) is 3.88. The summed E-state index contributed by atoms with van der Waals surface area (Å²) in [4.78, 5) is 11.4. The lowest BCUT2D eigenvalue weighted by molar-refractivity contribution is 0.112. The highest BCUT2D eigenvalue weighted by atomic mass is 32.1. The molecule has 0 amide bonds. The maximum atomic E-state index is 14.4. The van der Waals surface area contributed by atoms with Gasteiger partial charge in [0.15, 0.2) is 11.7 Å². The van der Waals surface area contributed by atoms with Gasteiger partial charge >= 0.3 is 0 Å². The summed E-state index contributed by atoms with van der Waals surface area (Å²) in [7, 11) is -0.218. The van der Waals surface area contributed by atoms with Gasteiger partial charge in [-0.25, -0.2) is 4.39 Å². The van der Waals surface area contributed by atoms with Crippen molar-refractivity contribution < 1.29 is 13.7 Å². The van der Waals surface area contributed by atoms with Crippen molar-refractivity contribution in [2.24, 2.45) is 0 Å². The monoisotopic (exact) mass is 284 g/mol. The van der Waals surface area contributed by atoms with Crippen molar-refractivity contribution in [1.29, 1.82) is 0 Å². The minimum Gasteiger partial charge on any atom is -0.359 e. The molecule has 0 bridgehead atoms. The summed E-state index contributed by atoms with van der Waals surface area (Å²) in [5.74, 6) is 0. The van der Waals surface area contributed by atoms with Crippen molar-refractivity contribution in [3.05, 3.63) is 34.7 Å². The number of hydrogen-bond donors (Lipinski definition) is 0. The zero-order chi connectivity index (χ0) is 13.2. The van der Waals surface area contributed by atoms with Crippen LogP contribution < -0.4 is 0 Å². The number of benzene rings is 1. The van der Waals surface area contributed by atoms with E-state index in [1.165, 1.54) is 18.3 Å². The van der Waals surface area contributed by atoms with Gasteiger partial charge in [-0.2, -0.15) is 0 Å². The lowest BCUT2D eigenvalue weighted by Crippen LogP contribution is -2.08. The second-order valence-electron chi connectivity index (χ2n) is 4.06. The number of halogens is 1. The minimum atomic E-state index is -1.48. The molecule has 2 atom stereocenters.